The number of hydrogen-bond donors (Lipinski definition) is 1. The van der Waals surface area contributed by atoms with Crippen molar-refractivity contribution in [3.8, 4) is 0 Å². The lowest BCUT2D eigenvalue weighted by Crippen LogP contribution is -2.44. The molecule has 2 heterocycles. The first-order chi connectivity index (χ1) is 11.7. The van der Waals surface area contributed by atoms with Crippen LogP contribution in [0, 0.1) is 5.41 Å². The zero-order valence-electron chi connectivity index (χ0n) is 15.9. The van der Waals surface area contributed by atoms with Crippen molar-refractivity contribution < 1.29 is 0 Å². The molecule has 5 heteroatoms. The number of likely N-dealkylation sites (N-methyl/N-ethyl adjacent to an activating group) is 1. The van der Waals surface area contributed by atoms with Crippen LogP contribution in [0.5, 0.6) is 0 Å². The van der Waals surface area contributed by atoms with Crippen molar-refractivity contribution in [2.24, 2.45) is 10.4 Å². The highest BCUT2D eigenvalue weighted by Gasteiger charge is 2.39. The highest BCUT2D eigenvalue weighted by Crippen LogP contribution is 2.43. The number of rotatable bonds is 3. The second kappa shape index (κ2) is 8.52. The van der Waals surface area contributed by atoms with Crippen LogP contribution in [0.3, 0.4) is 0 Å². The lowest BCUT2D eigenvalue weighted by atomic mass is 9.73. The summed E-state index contributed by atoms with van der Waals surface area (Å²) >= 11 is 0. The molecule has 0 aromatic carbocycles. The molecule has 2 saturated heterocycles. The average molecular weight is 336 g/mol. The van der Waals surface area contributed by atoms with Gasteiger partial charge in [0.25, 0.3) is 0 Å². The van der Waals surface area contributed by atoms with Crippen LogP contribution in [0.25, 0.3) is 0 Å². The van der Waals surface area contributed by atoms with E-state index in [0.29, 0.717) is 5.41 Å². The lowest BCUT2D eigenvalue weighted by Gasteiger charge is -2.33. The van der Waals surface area contributed by atoms with Crippen molar-refractivity contribution >= 4 is 5.96 Å². The van der Waals surface area contributed by atoms with E-state index in [1.54, 1.807) is 0 Å². The highest BCUT2D eigenvalue weighted by molar-refractivity contribution is 5.80. The molecule has 1 spiro atoms. The van der Waals surface area contributed by atoms with E-state index in [-0.39, 0.29) is 0 Å². The molecule has 3 aliphatic rings. The van der Waals surface area contributed by atoms with Crippen LogP contribution in [0.2, 0.25) is 0 Å². The summed E-state index contributed by atoms with van der Waals surface area (Å²) in [5.41, 5.74) is 0.602. The third kappa shape index (κ3) is 4.63. The number of nitrogens with one attached hydrogen (secondary N) is 1. The first kappa shape index (κ1) is 18.0. The summed E-state index contributed by atoms with van der Waals surface area (Å²) in [4.78, 5) is 12.1. The second-order valence-electron chi connectivity index (χ2n) is 8.20. The SMILES string of the molecule is CN=C(NCCN1CCCN(C)CC1)N1CCC2(CCCCC2)C1. The van der Waals surface area contributed by atoms with Gasteiger partial charge in [-0.05, 0) is 51.2 Å². The number of likely N-dealkylation sites (tertiary alicyclic amines) is 1. The molecule has 0 amide bonds. The fourth-order valence-corrected chi connectivity index (χ4v) is 4.81. The number of aliphatic imine (C=N–C) groups is 1. The quantitative estimate of drug-likeness (QED) is 0.630. The summed E-state index contributed by atoms with van der Waals surface area (Å²) in [6, 6.07) is 0. The van der Waals surface area contributed by atoms with Gasteiger partial charge in [-0.1, -0.05) is 19.3 Å². The van der Waals surface area contributed by atoms with Crippen molar-refractivity contribution in [1.82, 2.24) is 20.0 Å². The third-order valence-corrected chi connectivity index (χ3v) is 6.39. The van der Waals surface area contributed by atoms with E-state index in [1.165, 1.54) is 84.2 Å². The van der Waals surface area contributed by atoms with Crippen LogP contribution < -0.4 is 5.32 Å². The Labute approximate surface area is 148 Å². The molecule has 0 aromatic heterocycles. The van der Waals surface area contributed by atoms with E-state index in [1.807, 2.05) is 7.05 Å². The van der Waals surface area contributed by atoms with Gasteiger partial charge in [-0.3, -0.25) is 4.99 Å². The Morgan fingerprint density at radius 1 is 0.958 bits per heavy atom. The zero-order valence-corrected chi connectivity index (χ0v) is 15.9. The van der Waals surface area contributed by atoms with Gasteiger partial charge in [0.2, 0.25) is 0 Å². The van der Waals surface area contributed by atoms with Gasteiger partial charge in [0.1, 0.15) is 0 Å². The molecule has 1 saturated carbocycles. The van der Waals surface area contributed by atoms with Crippen LogP contribution in [-0.4, -0.2) is 87.1 Å². The normalized spacial score (nSPS) is 26.8. The topological polar surface area (TPSA) is 34.1 Å². The smallest absolute Gasteiger partial charge is 0.193 e. The number of guanidine groups is 1. The number of nitrogens with zero attached hydrogens (tertiary/aromatic N) is 4. The molecule has 0 radical (unpaired) electrons. The Kier molecular flexibility index (Phi) is 6.39. The summed E-state index contributed by atoms with van der Waals surface area (Å²) in [5, 5.41) is 3.63. The fraction of sp³-hybridized carbons (Fsp3) is 0.947. The lowest BCUT2D eigenvalue weighted by molar-refractivity contribution is 0.203. The molecule has 0 unspecified atom stereocenters. The predicted molar refractivity (Wildman–Crippen MR) is 102 cm³/mol. The maximum Gasteiger partial charge on any atom is 0.193 e. The van der Waals surface area contributed by atoms with E-state index in [9.17, 15) is 0 Å². The van der Waals surface area contributed by atoms with Crippen molar-refractivity contribution in [3.63, 3.8) is 0 Å². The Morgan fingerprint density at radius 3 is 2.58 bits per heavy atom. The van der Waals surface area contributed by atoms with Gasteiger partial charge in [0.05, 0.1) is 0 Å². The molecule has 0 atom stereocenters. The van der Waals surface area contributed by atoms with Crippen molar-refractivity contribution in [2.75, 3.05) is 66.5 Å². The van der Waals surface area contributed by atoms with Crippen LogP contribution in [-0.2, 0) is 0 Å². The van der Waals surface area contributed by atoms with Crippen molar-refractivity contribution in [2.45, 2.75) is 44.9 Å². The Hall–Kier alpha value is -0.810. The van der Waals surface area contributed by atoms with Crippen LogP contribution in [0.1, 0.15) is 44.9 Å². The van der Waals surface area contributed by atoms with E-state index in [2.05, 4.69) is 32.1 Å². The van der Waals surface area contributed by atoms with Gasteiger partial charge < -0.3 is 20.0 Å². The largest absolute Gasteiger partial charge is 0.355 e. The molecular weight excluding hydrogens is 298 g/mol. The average Bonchev–Trinajstić information content (AvgIpc) is 2.87. The maximum absolute atomic E-state index is 4.57. The maximum atomic E-state index is 4.57. The standard InChI is InChI=1S/C19H37N5/c1-20-18(21-10-14-23-12-6-11-22(2)15-16-23)24-13-9-19(17-24)7-4-3-5-8-19/h3-17H2,1-2H3,(H,20,21). The van der Waals surface area contributed by atoms with E-state index in [0.717, 1.165) is 19.0 Å². The third-order valence-electron chi connectivity index (χ3n) is 6.39. The summed E-state index contributed by atoms with van der Waals surface area (Å²) in [6.07, 6.45) is 9.84. The Morgan fingerprint density at radius 2 is 1.79 bits per heavy atom. The predicted octanol–water partition coefficient (Wildman–Crippen LogP) is 1.86. The summed E-state index contributed by atoms with van der Waals surface area (Å²) < 4.78 is 0. The minimum Gasteiger partial charge on any atom is -0.355 e. The van der Waals surface area contributed by atoms with Crippen LogP contribution in [0.4, 0.5) is 0 Å². The molecule has 1 N–H and O–H groups in total. The highest BCUT2D eigenvalue weighted by atomic mass is 15.3. The van der Waals surface area contributed by atoms with Crippen LogP contribution >= 0.6 is 0 Å². The first-order valence-electron chi connectivity index (χ1n) is 10.1. The minimum absolute atomic E-state index is 0.602. The van der Waals surface area contributed by atoms with Crippen molar-refractivity contribution in [1.29, 1.82) is 0 Å². The van der Waals surface area contributed by atoms with E-state index < -0.39 is 0 Å². The fourth-order valence-electron chi connectivity index (χ4n) is 4.81. The molecular formula is C19H37N5. The molecule has 1 aliphatic carbocycles. The Bertz CT molecular complexity index is 416. The summed E-state index contributed by atoms with van der Waals surface area (Å²) in [6.45, 7) is 9.42. The minimum atomic E-state index is 0.602. The summed E-state index contributed by atoms with van der Waals surface area (Å²) in [7, 11) is 4.17. The molecule has 2 aliphatic heterocycles. The van der Waals surface area contributed by atoms with Gasteiger partial charge >= 0.3 is 0 Å². The summed E-state index contributed by atoms with van der Waals surface area (Å²) in [5.74, 6) is 1.13. The van der Waals surface area contributed by atoms with E-state index in [4.69, 9.17) is 0 Å². The van der Waals surface area contributed by atoms with Gasteiger partial charge in [-0.2, -0.15) is 0 Å². The molecule has 3 fully saturated rings. The molecule has 3 rings (SSSR count). The second-order valence-corrected chi connectivity index (χ2v) is 8.20. The van der Waals surface area contributed by atoms with Gasteiger partial charge in [-0.25, -0.2) is 0 Å². The van der Waals surface area contributed by atoms with E-state index >= 15 is 0 Å². The van der Waals surface area contributed by atoms with Crippen LogP contribution in [0.15, 0.2) is 4.99 Å². The molecule has 24 heavy (non-hydrogen) atoms. The molecule has 0 aromatic rings. The van der Waals surface area contributed by atoms with Crippen molar-refractivity contribution in [3.05, 3.63) is 0 Å². The first-order valence-corrected chi connectivity index (χ1v) is 10.1. The van der Waals surface area contributed by atoms with Gasteiger partial charge in [0, 0.05) is 46.3 Å². The Balaban J connectivity index is 1.42. The van der Waals surface area contributed by atoms with Gasteiger partial charge in [-0.15, -0.1) is 0 Å². The molecule has 5 nitrogen and oxygen atoms in total. The number of hydrogen-bond acceptors (Lipinski definition) is 3. The molecule has 0 bridgehead atoms. The van der Waals surface area contributed by atoms with Gasteiger partial charge in [0.15, 0.2) is 5.96 Å². The molecule has 138 valence electrons. The zero-order chi connectivity index (χ0) is 16.8. The monoisotopic (exact) mass is 335 g/mol.